The third kappa shape index (κ3) is 94.5. The van der Waals surface area contributed by atoms with Crippen LogP contribution in [-0.4, -0.2) is 280 Å². The second-order valence-corrected chi connectivity index (χ2v) is 44.8. The smallest absolute Gasteiger partial charge is 0.317 e. The quantitative estimate of drug-likeness (QED) is 0.0343. The zero-order valence-electron chi connectivity index (χ0n) is 86.3. The van der Waals surface area contributed by atoms with E-state index in [1.165, 1.54) is 93.1 Å². The van der Waals surface area contributed by atoms with Crippen LogP contribution in [0.3, 0.4) is 0 Å². The first-order chi connectivity index (χ1) is 58.6. The lowest BCUT2D eigenvalue weighted by Crippen LogP contribution is -2.47. The van der Waals surface area contributed by atoms with Crippen molar-refractivity contribution >= 4 is 14.0 Å². The van der Waals surface area contributed by atoms with Gasteiger partial charge in [0, 0.05) is 151 Å². The number of carbonyl (C=O) groups is 1. The third-order valence-corrected chi connectivity index (χ3v) is 20.4. The SMILES string of the molecule is C.C=C(/C=C/CN(C)C)CC(C)C.C=C(/C=C/CN(C)CC(=O)O)CC(C)C.C=C(/C=C/CN1CCN(C)CC1)CC(C)C.C=C(/C=C/CN1CCN(C2CC2)CC1)CC(C)C.C=C(/C=C/CN1CCN(CCOC)CC1)CC(C)C.C=C(/C=C/CN1CCOCC1)CC(C)C.C=C(/C=C/CO)CC(C)C.C=C(C#C[Si](C)(C)C)CC(C)C.C=CC(=C)CC(C)C. The molecule has 14 nitrogen and oxygen atoms in total. The summed E-state index contributed by atoms with van der Waals surface area (Å²) in [5.74, 6) is 8.54. The summed E-state index contributed by atoms with van der Waals surface area (Å²) < 4.78 is 10.4. The van der Waals surface area contributed by atoms with E-state index in [1.807, 2.05) is 24.3 Å². The Bertz CT molecular complexity index is 3160. The van der Waals surface area contributed by atoms with Gasteiger partial charge in [-0.2, -0.15) is 0 Å². The molecular formula is C111H203N9O5Si. The van der Waals surface area contributed by atoms with Gasteiger partial charge in [0.1, 0.15) is 8.07 Å². The minimum absolute atomic E-state index is 0. The highest BCUT2D eigenvalue weighted by molar-refractivity contribution is 6.83. The standard InChI is InChI=1S/C16H30N2O.C16H28N2.C14H26N2.C13H23NO.C12H21NO2.C11H21N.C11H20Si.C9H16O.C8H14.CH4/c1-15(2)14-16(3)6-5-7-17-8-10-18(11-9-17)12-13-19-4;1-14(2)13-15(3)5-4-8-17-9-11-18(12-10-17)16-6-7-16;1-13(2)12-14(3)6-5-7-16-10-8-15(4)9-11-16;1-12(2)11-13(3)5-4-6-14-7-9-15-10-8-14;1-10(2)8-11(3)6-5-7-13(4)9-12(14)15;1-10(2)9-11(3)7-6-8-12(4)5;1-10(2)9-11(3)7-8-12(4,5)6;1-8(2)7-9(3)5-4-6-10;1-5-8(4)6-7(2)3;/h5-6,15H,3,7-14H2,1-2,4H3;4-5,14,16H,3,6-13H2,1-2H3;5-6,13H,3,7-12H2,1-2,4H3;4-5,12H,3,6-11H2,1-2H3;5-6,10H,3,7-9H2,1-2,4H3,(H,14,15);6-7,10H,3,8-9H2,1-2,4-5H3;10H,3,9H2,1-2,4-6H3;4-5,8,10H,3,6-7H2,1-2H3;5,7H,1,4,6H2,2-3H3;1H4/b6-5+;5-4+;6-5+;5-4+;6-5+;7-6+;;5-4+;;. The van der Waals surface area contributed by atoms with Gasteiger partial charge < -0.3 is 29.5 Å². The van der Waals surface area contributed by atoms with E-state index < -0.39 is 14.0 Å². The van der Waals surface area contributed by atoms with Gasteiger partial charge in [0.25, 0.3) is 0 Å². The number of methoxy groups -OCH3 is 1. The average Bonchev–Trinajstić information content (AvgIpc) is 1.71. The lowest BCUT2D eigenvalue weighted by Gasteiger charge is -2.34. The fourth-order valence-corrected chi connectivity index (χ4v) is 13.9. The summed E-state index contributed by atoms with van der Waals surface area (Å²) >= 11 is 0. The zero-order chi connectivity index (χ0) is 95.8. The fourth-order valence-electron chi connectivity index (χ4n) is 13.4. The van der Waals surface area contributed by atoms with Gasteiger partial charge in [-0.3, -0.25) is 39.1 Å². The van der Waals surface area contributed by atoms with Gasteiger partial charge in [-0.1, -0.05) is 359 Å². The maximum absolute atomic E-state index is 10.4. The summed E-state index contributed by atoms with van der Waals surface area (Å²) in [4.78, 5) is 31.7. The predicted molar refractivity (Wildman–Crippen MR) is 567 cm³/mol. The molecule has 726 valence electrons. The van der Waals surface area contributed by atoms with Crippen molar-refractivity contribution in [2.75, 3.05) is 206 Å². The number of rotatable bonds is 45. The maximum Gasteiger partial charge on any atom is 0.317 e. The zero-order valence-corrected chi connectivity index (χ0v) is 87.3. The number of hydrogen-bond acceptors (Lipinski definition) is 13. The fraction of sp³-hybridized carbons (Fsp3) is 0.667. The van der Waals surface area contributed by atoms with E-state index in [4.69, 9.17) is 19.7 Å². The van der Waals surface area contributed by atoms with E-state index in [0.29, 0.717) is 59.8 Å². The molecule has 15 heteroatoms. The number of aliphatic hydroxyl groups excluding tert-OH is 1. The normalized spacial score (nSPS) is 15.9. The monoisotopic (exact) mass is 1770 g/mol. The number of ether oxygens (including phenoxy) is 2. The number of carboxylic acids is 1. The molecule has 0 unspecified atom stereocenters. The van der Waals surface area contributed by atoms with Crippen LogP contribution in [0.25, 0.3) is 0 Å². The number of nitrogens with zero attached hydrogens (tertiary/aromatic N) is 9. The molecule has 5 aliphatic rings. The van der Waals surface area contributed by atoms with E-state index >= 15 is 0 Å². The van der Waals surface area contributed by atoms with Crippen LogP contribution in [0.15, 0.2) is 207 Å². The van der Waals surface area contributed by atoms with Gasteiger partial charge in [-0.15, -0.1) is 5.54 Å². The lowest BCUT2D eigenvalue weighted by molar-refractivity contribution is -0.137. The molecule has 0 bridgehead atoms. The van der Waals surface area contributed by atoms with Crippen molar-refractivity contribution in [3.05, 3.63) is 207 Å². The summed E-state index contributed by atoms with van der Waals surface area (Å²) in [5.41, 5.74) is 14.0. The van der Waals surface area contributed by atoms with Crippen molar-refractivity contribution in [1.82, 2.24) is 44.1 Å². The maximum atomic E-state index is 10.4. The Balaban J connectivity index is -0.000000440. The van der Waals surface area contributed by atoms with Gasteiger partial charge in [0.05, 0.1) is 33.0 Å². The van der Waals surface area contributed by atoms with Gasteiger partial charge in [0.2, 0.25) is 0 Å². The van der Waals surface area contributed by atoms with Gasteiger partial charge in [0.15, 0.2) is 0 Å². The number of piperazine rings is 3. The van der Waals surface area contributed by atoms with Crippen LogP contribution in [0.4, 0.5) is 0 Å². The molecule has 2 N–H and O–H groups in total. The summed E-state index contributed by atoms with van der Waals surface area (Å²) in [6.45, 7) is 112. The predicted octanol–water partition coefficient (Wildman–Crippen LogP) is 24.1. The Labute approximate surface area is 783 Å². The molecule has 0 amide bonds. The molecule has 4 saturated heterocycles. The Kier molecular flexibility index (Phi) is 83.2. The molecule has 4 aliphatic heterocycles. The second kappa shape index (κ2) is 81.3. The van der Waals surface area contributed by atoms with Gasteiger partial charge in [-0.05, 0) is 158 Å². The van der Waals surface area contributed by atoms with Crippen LogP contribution >= 0.6 is 0 Å². The largest absolute Gasteiger partial charge is 0.480 e. The molecule has 5 rings (SSSR count). The molecule has 0 aromatic rings. The molecule has 126 heavy (non-hydrogen) atoms. The minimum atomic E-state index is -1.19. The molecule has 0 aromatic heterocycles. The number of carboxylic acid groups (broad SMARTS) is 1. The van der Waals surface area contributed by atoms with Crippen LogP contribution < -0.4 is 0 Å². The number of allylic oxidation sites excluding steroid dienone is 17. The Morgan fingerprint density at radius 1 is 0.437 bits per heavy atom. The first kappa shape index (κ1) is 129. The third-order valence-electron chi connectivity index (χ3n) is 19.5. The summed E-state index contributed by atoms with van der Waals surface area (Å²) in [6.07, 6.45) is 43.9. The molecule has 4 heterocycles. The molecule has 0 aromatic carbocycles. The topological polar surface area (TPSA) is 105 Å². The highest BCUT2D eigenvalue weighted by Crippen LogP contribution is 2.28. The average molecular weight is 1770 g/mol. The van der Waals surface area contributed by atoms with E-state index in [2.05, 4.69) is 343 Å². The molecule has 1 saturated carbocycles. The van der Waals surface area contributed by atoms with E-state index in [-0.39, 0.29) is 20.6 Å². The van der Waals surface area contributed by atoms with Gasteiger partial charge >= 0.3 is 5.97 Å². The highest BCUT2D eigenvalue weighted by Gasteiger charge is 2.31. The number of likely N-dealkylation sites (N-methyl/N-ethyl adjacent to an activating group) is 3. The molecule has 1 aliphatic carbocycles. The number of hydrogen-bond donors (Lipinski definition) is 2. The van der Waals surface area contributed by atoms with Crippen LogP contribution in [0.5, 0.6) is 0 Å². The summed E-state index contributed by atoms with van der Waals surface area (Å²) in [7, 11) is 8.68. The lowest BCUT2D eigenvalue weighted by atomic mass is 10.0. The second-order valence-electron chi connectivity index (χ2n) is 40.0. The number of morpholine rings is 1. The van der Waals surface area contributed by atoms with Crippen LogP contribution in [0.1, 0.15) is 203 Å². The van der Waals surface area contributed by atoms with Crippen molar-refractivity contribution in [1.29, 1.82) is 0 Å². The van der Waals surface area contributed by atoms with Crippen LogP contribution in [0, 0.1) is 64.7 Å². The van der Waals surface area contributed by atoms with Crippen molar-refractivity contribution < 1.29 is 24.5 Å². The highest BCUT2D eigenvalue weighted by atomic mass is 28.3. The van der Waals surface area contributed by atoms with Crippen molar-refractivity contribution in [2.45, 2.75) is 228 Å². The van der Waals surface area contributed by atoms with Crippen LogP contribution in [-0.2, 0) is 14.3 Å². The minimum Gasteiger partial charge on any atom is -0.480 e. The first-order valence-electron chi connectivity index (χ1n) is 47.8. The van der Waals surface area contributed by atoms with Crippen molar-refractivity contribution in [2.24, 2.45) is 53.3 Å². The molecule has 0 atom stereocenters. The molecule has 5 fully saturated rings. The Hall–Kier alpha value is -5.65. The van der Waals surface area contributed by atoms with Crippen molar-refractivity contribution in [3.63, 3.8) is 0 Å². The first-order valence-corrected chi connectivity index (χ1v) is 51.3. The molecular weight excluding hydrogens is 1570 g/mol. The number of aliphatic carboxylic acids is 1. The Morgan fingerprint density at radius 3 is 1.02 bits per heavy atom. The summed E-state index contributed by atoms with van der Waals surface area (Å²) in [5, 5.41) is 16.9. The van der Waals surface area contributed by atoms with Gasteiger partial charge in [-0.25, -0.2) is 0 Å². The van der Waals surface area contributed by atoms with E-state index in [9.17, 15) is 4.79 Å². The Morgan fingerprint density at radius 2 is 0.730 bits per heavy atom. The van der Waals surface area contributed by atoms with Crippen molar-refractivity contribution in [3.8, 4) is 11.5 Å². The van der Waals surface area contributed by atoms with Crippen LogP contribution in [0.2, 0.25) is 19.6 Å². The van der Waals surface area contributed by atoms with E-state index in [1.54, 1.807) is 25.1 Å². The molecule has 0 radical (unpaired) electrons. The van der Waals surface area contributed by atoms with E-state index in [0.717, 1.165) is 184 Å². The molecule has 0 spiro atoms. The number of aliphatic hydroxyl groups is 1. The summed E-state index contributed by atoms with van der Waals surface area (Å²) in [6, 6.07) is 0.938.